The van der Waals surface area contributed by atoms with E-state index in [0.29, 0.717) is 5.02 Å². The molecule has 4 nitrogen and oxygen atoms in total. The lowest BCUT2D eigenvalue weighted by Crippen LogP contribution is -2.10. The average molecular weight is 351 g/mol. The van der Waals surface area contributed by atoms with Crippen molar-refractivity contribution in [1.29, 1.82) is 0 Å². The van der Waals surface area contributed by atoms with Gasteiger partial charge in [-0.05, 0) is 36.2 Å². The predicted octanol–water partition coefficient (Wildman–Crippen LogP) is 4.30. The first-order valence-corrected chi connectivity index (χ1v) is 7.77. The molecule has 2 rings (SSSR count). The Balaban J connectivity index is 1.66. The van der Waals surface area contributed by atoms with Crippen molar-refractivity contribution >= 4 is 23.5 Å². The number of hydrogen-bond donors (Lipinski definition) is 0. The Morgan fingerprint density at radius 1 is 0.958 bits per heavy atom. The van der Waals surface area contributed by atoms with Gasteiger partial charge in [0.1, 0.15) is 6.61 Å². The quantitative estimate of drug-likeness (QED) is 0.552. The van der Waals surface area contributed by atoms with Gasteiger partial charge < -0.3 is 9.47 Å². The fourth-order valence-corrected chi connectivity index (χ4v) is 2.02. The maximum atomic E-state index is 13.3. The lowest BCUT2D eigenvalue weighted by atomic mass is 10.2. The lowest BCUT2D eigenvalue weighted by Gasteiger charge is -2.06. The minimum Gasteiger partial charge on any atom is -0.461 e. The number of rotatable bonds is 7. The normalized spacial score (nSPS) is 10.2. The number of para-hydroxylation sites is 1. The molecule has 0 heterocycles. The molecule has 0 fully saturated rings. The molecule has 0 bridgehead atoms. The molecule has 0 saturated carbocycles. The Bertz CT molecular complexity index is 700. The van der Waals surface area contributed by atoms with E-state index in [1.807, 2.05) is 0 Å². The van der Waals surface area contributed by atoms with E-state index in [1.54, 1.807) is 30.3 Å². The summed E-state index contributed by atoms with van der Waals surface area (Å²) in [6.07, 6.45) is 0.358. The largest absolute Gasteiger partial charge is 0.461 e. The topological polar surface area (TPSA) is 52.6 Å². The van der Waals surface area contributed by atoms with Crippen molar-refractivity contribution < 1.29 is 23.5 Å². The fourth-order valence-electron chi connectivity index (χ4n) is 1.89. The van der Waals surface area contributed by atoms with Crippen LogP contribution in [0.3, 0.4) is 0 Å². The van der Waals surface area contributed by atoms with Gasteiger partial charge in [0, 0.05) is 17.9 Å². The SMILES string of the molecule is O=C(CCCC(=O)Oc1ccccc1F)OCc1ccc(Cl)cc1. The summed E-state index contributed by atoms with van der Waals surface area (Å²) in [6.45, 7) is 0.148. The van der Waals surface area contributed by atoms with E-state index in [9.17, 15) is 14.0 Å². The summed E-state index contributed by atoms with van der Waals surface area (Å²) in [4.78, 5) is 23.2. The average Bonchev–Trinajstić information content (AvgIpc) is 2.56. The molecule has 24 heavy (non-hydrogen) atoms. The lowest BCUT2D eigenvalue weighted by molar-refractivity contribution is -0.145. The monoisotopic (exact) mass is 350 g/mol. The highest BCUT2D eigenvalue weighted by atomic mass is 35.5. The number of halogens is 2. The highest BCUT2D eigenvalue weighted by Crippen LogP contribution is 2.16. The minimum absolute atomic E-state index is 0.00434. The van der Waals surface area contributed by atoms with Gasteiger partial charge in [0.25, 0.3) is 0 Å². The fraction of sp³-hybridized carbons (Fsp3) is 0.222. The molecule has 6 heteroatoms. The Labute approximate surface area is 144 Å². The Kier molecular flexibility index (Phi) is 6.75. The van der Waals surface area contributed by atoms with Gasteiger partial charge in [0.05, 0.1) is 0 Å². The Morgan fingerprint density at radius 3 is 2.33 bits per heavy atom. The standard InChI is InChI=1S/C18H16ClFO4/c19-14-10-8-13(9-11-14)12-23-17(21)6-3-7-18(22)24-16-5-2-1-4-15(16)20/h1-2,4-5,8-11H,3,6-7,12H2. The van der Waals surface area contributed by atoms with E-state index in [4.69, 9.17) is 21.1 Å². The van der Waals surface area contributed by atoms with Crippen LogP contribution in [0.15, 0.2) is 48.5 Å². The molecule has 0 spiro atoms. The molecule has 0 amide bonds. The van der Waals surface area contributed by atoms with Crippen molar-refractivity contribution in [3.63, 3.8) is 0 Å². The molecular formula is C18H16ClFO4. The first-order chi connectivity index (χ1) is 11.5. The first-order valence-electron chi connectivity index (χ1n) is 7.40. The van der Waals surface area contributed by atoms with Crippen LogP contribution in [-0.2, 0) is 20.9 Å². The number of hydrogen-bond acceptors (Lipinski definition) is 4. The van der Waals surface area contributed by atoms with E-state index < -0.39 is 17.8 Å². The second kappa shape index (κ2) is 9.03. The van der Waals surface area contributed by atoms with Crippen molar-refractivity contribution in [2.24, 2.45) is 0 Å². The molecule has 0 aliphatic carbocycles. The zero-order chi connectivity index (χ0) is 17.4. The van der Waals surface area contributed by atoms with E-state index in [-0.39, 0.29) is 31.6 Å². The van der Waals surface area contributed by atoms with E-state index in [2.05, 4.69) is 0 Å². The van der Waals surface area contributed by atoms with E-state index in [0.717, 1.165) is 5.56 Å². The number of ether oxygens (including phenoxy) is 2. The molecule has 0 atom stereocenters. The summed E-state index contributed by atoms with van der Waals surface area (Å²) in [5.74, 6) is -1.73. The van der Waals surface area contributed by atoms with E-state index in [1.165, 1.54) is 18.2 Å². The predicted molar refractivity (Wildman–Crippen MR) is 87.1 cm³/mol. The molecule has 0 saturated heterocycles. The van der Waals surface area contributed by atoms with Crippen LogP contribution in [0.1, 0.15) is 24.8 Å². The Hall–Kier alpha value is -2.40. The van der Waals surface area contributed by atoms with Crippen molar-refractivity contribution in [2.75, 3.05) is 0 Å². The molecule has 0 N–H and O–H groups in total. The van der Waals surface area contributed by atoms with Gasteiger partial charge in [0.2, 0.25) is 0 Å². The van der Waals surface area contributed by atoms with Crippen LogP contribution in [-0.4, -0.2) is 11.9 Å². The first kappa shape index (κ1) is 17.9. The molecule has 126 valence electrons. The summed E-state index contributed by atoms with van der Waals surface area (Å²) in [5, 5.41) is 0.610. The summed E-state index contributed by atoms with van der Waals surface area (Å²) in [5.41, 5.74) is 0.826. The number of esters is 2. The van der Waals surface area contributed by atoms with Crippen molar-refractivity contribution in [1.82, 2.24) is 0 Å². The molecule has 0 unspecified atom stereocenters. The zero-order valence-corrected chi connectivity index (χ0v) is 13.6. The van der Waals surface area contributed by atoms with Gasteiger partial charge in [-0.15, -0.1) is 0 Å². The van der Waals surface area contributed by atoms with Crippen molar-refractivity contribution in [3.8, 4) is 5.75 Å². The van der Waals surface area contributed by atoms with Gasteiger partial charge in [0.15, 0.2) is 11.6 Å². The van der Waals surface area contributed by atoms with Crippen LogP contribution in [0.5, 0.6) is 5.75 Å². The summed E-state index contributed by atoms with van der Waals surface area (Å²) in [6, 6.07) is 12.6. The van der Waals surface area contributed by atoms with Crippen molar-refractivity contribution in [3.05, 3.63) is 64.9 Å². The van der Waals surface area contributed by atoms with Gasteiger partial charge in [-0.2, -0.15) is 0 Å². The third kappa shape index (κ3) is 6.01. The van der Waals surface area contributed by atoms with Crippen molar-refractivity contribution in [2.45, 2.75) is 25.9 Å². The van der Waals surface area contributed by atoms with Crippen LogP contribution in [0.2, 0.25) is 5.02 Å². The zero-order valence-electron chi connectivity index (χ0n) is 12.8. The number of carbonyl (C=O) groups excluding carboxylic acids is 2. The van der Waals surface area contributed by atoms with Gasteiger partial charge in [-0.25, -0.2) is 4.39 Å². The third-order valence-electron chi connectivity index (χ3n) is 3.14. The van der Waals surface area contributed by atoms with Crippen LogP contribution >= 0.6 is 11.6 Å². The second-order valence-electron chi connectivity index (χ2n) is 5.05. The summed E-state index contributed by atoms with van der Waals surface area (Å²) < 4.78 is 23.3. The second-order valence-corrected chi connectivity index (χ2v) is 5.48. The Morgan fingerprint density at radius 2 is 1.62 bits per heavy atom. The van der Waals surface area contributed by atoms with Crippen LogP contribution in [0.4, 0.5) is 4.39 Å². The summed E-state index contributed by atoms with van der Waals surface area (Å²) >= 11 is 5.77. The number of carbonyl (C=O) groups is 2. The van der Waals surface area contributed by atoms with Crippen LogP contribution in [0.25, 0.3) is 0 Å². The van der Waals surface area contributed by atoms with Gasteiger partial charge >= 0.3 is 11.9 Å². The smallest absolute Gasteiger partial charge is 0.311 e. The maximum Gasteiger partial charge on any atom is 0.311 e. The molecule has 0 aliphatic heterocycles. The summed E-state index contributed by atoms with van der Waals surface area (Å²) in [7, 11) is 0. The van der Waals surface area contributed by atoms with Gasteiger partial charge in [-0.3, -0.25) is 9.59 Å². The minimum atomic E-state index is -0.603. The molecule has 2 aromatic rings. The molecule has 0 aromatic heterocycles. The molecule has 0 radical (unpaired) electrons. The molecular weight excluding hydrogens is 335 g/mol. The van der Waals surface area contributed by atoms with E-state index >= 15 is 0 Å². The van der Waals surface area contributed by atoms with Gasteiger partial charge in [-0.1, -0.05) is 35.9 Å². The highest BCUT2D eigenvalue weighted by Gasteiger charge is 2.10. The van der Waals surface area contributed by atoms with Crippen LogP contribution in [0, 0.1) is 5.82 Å². The molecule has 0 aliphatic rings. The van der Waals surface area contributed by atoms with Crippen LogP contribution < -0.4 is 4.74 Å². The third-order valence-corrected chi connectivity index (χ3v) is 3.39. The highest BCUT2D eigenvalue weighted by molar-refractivity contribution is 6.30. The molecule has 2 aromatic carbocycles. The maximum absolute atomic E-state index is 13.3. The number of benzene rings is 2.